The second-order valence-electron chi connectivity index (χ2n) is 8.61. The van der Waals surface area contributed by atoms with Crippen LogP contribution in [0.5, 0.6) is 0 Å². The molecular weight excluding hydrogens is 436 g/mol. The quantitative estimate of drug-likeness (QED) is 0.425. The lowest BCUT2D eigenvalue weighted by molar-refractivity contribution is -0.144. The van der Waals surface area contributed by atoms with Crippen molar-refractivity contribution < 1.29 is 18.7 Å². The molecule has 2 heterocycles. The van der Waals surface area contributed by atoms with E-state index >= 15 is 0 Å². The number of H-pyrrole nitrogens is 1. The highest BCUT2D eigenvalue weighted by molar-refractivity contribution is 5.89. The van der Waals surface area contributed by atoms with Crippen LogP contribution in [0.1, 0.15) is 28.8 Å². The van der Waals surface area contributed by atoms with Crippen molar-refractivity contribution in [3.05, 3.63) is 107 Å². The summed E-state index contributed by atoms with van der Waals surface area (Å²) in [7, 11) is 0. The summed E-state index contributed by atoms with van der Waals surface area (Å²) in [6.07, 6.45) is 1.79. The Labute approximate surface area is 196 Å². The topological polar surface area (TPSA) is 59.6 Å². The van der Waals surface area contributed by atoms with Gasteiger partial charge >= 0.3 is 5.97 Å². The Balaban J connectivity index is 1.40. The Morgan fingerprint density at radius 3 is 1.88 bits per heavy atom. The van der Waals surface area contributed by atoms with Crippen LogP contribution >= 0.6 is 0 Å². The van der Waals surface area contributed by atoms with Crippen molar-refractivity contribution in [1.29, 1.82) is 0 Å². The van der Waals surface area contributed by atoms with Gasteiger partial charge in [0, 0.05) is 48.8 Å². The highest BCUT2D eigenvalue weighted by Crippen LogP contribution is 2.33. The van der Waals surface area contributed by atoms with Gasteiger partial charge in [-0.2, -0.15) is 0 Å². The van der Waals surface area contributed by atoms with Gasteiger partial charge in [0.25, 0.3) is 0 Å². The first-order valence-electron chi connectivity index (χ1n) is 11.3. The van der Waals surface area contributed by atoms with Crippen molar-refractivity contribution >= 4 is 16.9 Å². The lowest BCUT2D eigenvalue weighted by Gasteiger charge is -2.41. The van der Waals surface area contributed by atoms with Crippen molar-refractivity contribution in [1.82, 2.24) is 14.8 Å². The molecule has 1 fully saturated rings. The highest BCUT2D eigenvalue weighted by Gasteiger charge is 2.34. The molecule has 1 aromatic heterocycles. The minimum absolute atomic E-state index is 0.181. The van der Waals surface area contributed by atoms with Gasteiger partial charge < -0.3 is 10.1 Å². The summed E-state index contributed by atoms with van der Waals surface area (Å²) < 4.78 is 27.2. The predicted molar refractivity (Wildman–Crippen MR) is 126 cm³/mol. The Morgan fingerprint density at radius 1 is 0.794 bits per heavy atom. The van der Waals surface area contributed by atoms with Crippen LogP contribution < -0.4 is 0 Å². The summed E-state index contributed by atoms with van der Waals surface area (Å²) in [5, 5.41) is 11.0. The molecule has 2 N–H and O–H groups in total. The molecule has 174 valence electrons. The largest absolute Gasteiger partial charge is 0.480 e. The zero-order chi connectivity index (χ0) is 23.7. The van der Waals surface area contributed by atoms with E-state index in [4.69, 9.17) is 0 Å². The van der Waals surface area contributed by atoms with E-state index in [1.165, 1.54) is 24.3 Å². The van der Waals surface area contributed by atoms with E-state index in [1.807, 2.05) is 29.2 Å². The number of hydrogen-bond acceptors (Lipinski definition) is 3. The third-order valence-electron chi connectivity index (χ3n) is 6.60. The lowest BCUT2D eigenvalue weighted by Crippen LogP contribution is -2.50. The first-order chi connectivity index (χ1) is 16.5. The van der Waals surface area contributed by atoms with E-state index in [0.29, 0.717) is 26.2 Å². The van der Waals surface area contributed by atoms with Crippen molar-refractivity contribution in [2.75, 3.05) is 26.2 Å². The van der Waals surface area contributed by atoms with Gasteiger partial charge in [-0.25, -0.2) is 8.78 Å². The van der Waals surface area contributed by atoms with E-state index in [-0.39, 0.29) is 17.7 Å². The number of aromatic nitrogens is 1. The molecule has 1 saturated heterocycles. The van der Waals surface area contributed by atoms with Crippen LogP contribution in [0.15, 0.2) is 79.0 Å². The Bertz CT molecular complexity index is 1230. The number of piperazine rings is 1. The monoisotopic (exact) mass is 461 g/mol. The molecule has 3 aromatic carbocycles. The standard InChI is InChI=1S/C27H25F2N3O2/c28-20-9-5-18(6-10-20)25(19-7-11-21(29)12-8-19)31-13-15-32(16-14-31)26(27(33)34)23-17-30-24-4-2-1-3-22(23)24/h1-12,17,25-26,30H,13-16H2,(H,33,34)/t26-/m1/s1. The Hall–Kier alpha value is -3.55. The fourth-order valence-electron chi connectivity index (χ4n) is 4.96. The van der Waals surface area contributed by atoms with Crippen LogP contribution in [0.2, 0.25) is 0 Å². The van der Waals surface area contributed by atoms with Crippen LogP contribution in [-0.4, -0.2) is 52.0 Å². The maximum atomic E-state index is 13.6. The minimum Gasteiger partial charge on any atom is -0.480 e. The second-order valence-corrected chi connectivity index (χ2v) is 8.61. The van der Waals surface area contributed by atoms with Crippen molar-refractivity contribution in [3.63, 3.8) is 0 Å². The molecule has 34 heavy (non-hydrogen) atoms. The normalized spacial score (nSPS) is 16.2. The molecule has 1 atom stereocenters. The predicted octanol–water partition coefficient (Wildman–Crippen LogP) is 4.98. The third kappa shape index (κ3) is 4.32. The number of aromatic amines is 1. The molecule has 0 bridgehead atoms. The summed E-state index contributed by atoms with van der Waals surface area (Å²) in [6.45, 7) is 2.34. The molecule has 0 aliphatic carbocycles. The maximum Gasteiger partial charge on any atom is 0.325 e. The summed E-state index contributed by atoms with van der Waals surface area (Å²) in [4.78, 5) is 19.7. The summed E-state index contributed by atoms with van der Waals surface area (Å²) >= 11 is 0. The van der Waals surface area contributed by atoms with Gasteiger partial charge in [-0.05, 0) is 41.5 Å². The zero-order valence-electron chi connectivity index (χ0n) is 18.5. The second kappa shape index (κ2) is 9.37. The van der Waals surface area contributed by atoms with Gasteiger partial charge in [0.2, 0.25) is 0 Å². The van der Waals surface area contributed by atoms with E-state index in [1.54, 1.807) is 30.5 Å². The zero-order valence-corrected chi connectivity index (χ0v) is 18.5. The molecule has 5 rings (SSSR count). The molecule has 0 unspecified atom stereocenters. The number of hydrogen-bond donors (Lipinski definition) is 2. The van der Waals surface area contributed by atoms with Crippen LogP contribution in [0.25, 0.3) is 10.9 Å². The van der Waals surface area contributed by atoms with Crippen LogP contribution in [0.3, 0.4) is 0 Å². The number of nitrogens with one attached hydrogen (secondary N) is 1. The number of carbonyl (C=O) groups is 1. The average molecular weight is 462 g/mol. The van der Waals surface area contributed by atoms with Crippen LogP contribution in [0, 0.1) is 11.6 Å². The van der Waals surface area contributed by atoms with Gasteiger partial charge in [-0.15, -0.1) is 0 Å². The number of carboxylic acid groups (broad SMARTS) is 1. The van der Waals surface area contributed by atoms with Gasteiger partial charge in [0.1, 0.15) is 17.7 Å². The number of para-hydroxylation sites is 1. The van der Waals surface area contributed by atoms with E-state index < -0.39 is 12.0 Å². The fourth-order valence-corrected chi connectivity index (χ4v) is 4.96. The van der Waals surface area contributed by atoms with Gasteiger partial charge in [-0.1, -0.05) is 42.5 Å². The summed E-state index contributed by atoms with van der Waals surface area (Å²) in [5.41, 5.74) is 3.49. The molecule has 1 aliphatic rings. The van der Waals surface area contributed by atoms with Crippen LogP contribution in [-0.2, 0) is 4.79 Å². The number of aliphatic carboxylic acids is 1. The van der Waals surface area contributed by atoms with E-state index in [9.17, 15) is 18.7 Å². The minimum atomic E-state index is -0.883. The van der Waals surface area contributed by atoms with E-state index in [0.717, 1.165) is 27.6 Å². The van der Waals surface area contributed by atoms with Gasteiger partial charge in [0.15, 0.2) is 0 Å². The van der Waals surface area contributed by atoms with Gasteiger partial charge in [0.05, 0.1) is 6.04 Å². The first-order valence-corrected chi connectivity index (χ1v) is 11.3. The molecule has 0 saturated carbocycles. The molecule has 4 aromatic rings. The van der Waals surface area contributed by atoms with Gasteiger partial charge in [-0.3, -0.25) is 14.6 Å². The lowest BCUT2D eigenvalue weighted by atomic mass is 9.95. The van der Waals surface area contributed by atoms with Crippen LogP contribution in [0.4, 0.5) is 8.78 Å². The molecular formula is C27H25F2N3O2. The highest BCUT2D eigenvalue weighted by atomic mass is 19.1. The first kappa shape index (κ1) is 22.3. The number of carboxylic acids is 1. The Morgan fingerprint density at radius 2 is 1.32 bits per heavy atom. The number of fused-ring (bicyclic) bond motifs is 1. The smallest absolute Gasteiger partial charge is 0.325 e. The molecule has 0 spiro atoms. The molecule has 5 nitrogen and oxygen atoms in total. The molecule has 1 aliphatic heterocycles. The number of benzene rings is 3. The molecule has 7 heteroatoms. The van der Waals surface area contributed by atoms with Crippen molar-refractivity contribution in [2.45, 2.75) is 12.1 Å². The fraction of sp³-hybridized carbons (Fsp3) is 0.222. The summed E-state index contributed by atoms with van der Waals surface area (Å²) in [5.74, 6) is -1.50. The SMILES string of the molecule is O=C(O)[C@@H](c1c[nH]c2ccccc12)N1CCN(C(c2ccc(F)cc2)c2ccc(F)cc2)CC1. The number of halogens is 2. The van der Waals surface area contributed by atoms with E-state index in [2.05, 4.69) is 9.88 Å². The Kier molecular flexibility index (Phi) is 6.13. The van der Waals surface area contributed by atoms with Crippen molar-refractivity contribution in [3.8, 4) is 0 Å². The molecule has 0 amide bonds. The number of rotatable bonds is 6. The summed E-state index contributed by atoms with van der Waals surface area (Å²) in [6, 6.07) is 19.5. The maximum absolute atomic E-state index is 13.6. The number of nitrogens with zero attached hydrogens (tertiary/aromatic N) is 2. The van der Waals surface area contributed by atoms with Crippen molar-refractivity contribution in [2.24, 2.45) is 0 Å². The molecule has 0 radical (unpaired) electrons. The average Bonchev–Trinajstić information content (AvgIpc) is 3.26. The third-order valence-corrected chi connectivity index (χ3v) is 6.60.